The van der Waals surface area contributed by atoms with Crippen molar-refractivity contribution in [3.05, 3.63) is 70.4 Å². The Morgan fingerprint density at radius 2 is 1.96 bits per heavy atom. The average molecular weight is 335 g/mol. The van der Waals surface area contributed by atoms with Gasteiger partial charge in [0.05, 0.1) is 0 Å². The first-order chi connectivity index (χ1) is 11.0. The summed E-state index contributed by atoms with van der Waals surface area (Å²) in [6, 6.07) is 8.62. The summed E-state index contributed by atoms with van der Waals surface area (Å²) in [4.78, 5) is 15.1. The third kappa shape index (κ3) is 3.35. The summed E-state index contributed by atoms with van der Waals surface area (Å²) in [5, 5.41) is 4.33. The highest BCUT2D eigenvalue weighted by atomic mass is 35.5. The summed E-state index contributed by atoms with van der Waals surface area (Å²) >= 11 is 5.99. The normalized spacial score (nSPS) is 10.9. The zero-order chi connectivity index (χ0) is 16.4. The fraction of sp³-hybridized carbons (Fsp3) is 0.118. The molecule has 0 radical (unpaired) electrons. The molecule has 3 rings (SSSR count). The molecule has 0 saturated carbocycles. The highest BCUT2D eigenvalue weighted by Crippen LogP contribution is 2.22. The lowest BCUT2D eigenvalue weighted by Gasteiger charge is -2.05. The molecule has 23 heavy (non-hydrogen) atoms. The van der Waals surface area contributed by atoms with Gasteiger partial charge < -0.3 is 10.3 Å². The summed E-state index contributed by atoms with van der Waals surface area (Å²) in [5.41, 5.74) is 2.08. The van der Waals surface area contributed by atoms with E-state index in [-0.39, 0.29) is 5.56 Å². The van der Waals surface area contributed by atoms with Gasteiger partial charge in [-0.2, -0.15) is 0 Å². The largest absolute Gasteiger partial charge is 0.361 e. The molecule has 0 aliphatic carbocycles. The molecular weight excluding hydrogens is 322 g/mol. The number of fused-ring (bicyclic) bond motifs is 1. The van der Waals surface area contributed by atoms with Crippen molar-refractivity contribution in [2.24, 2.45) is 0 Å². The molecule has 0 aliphatic heterocycles. The summed E-state index contributed by atoms with van der Waals surface area (Å²) in [6.07, 6.45) is 2.46. The average Bonchev–Trinajstić information content (AvgIpc) is 2.92. The van der Waals surface area contributed by atoms with Crippen LogP contribution < -0.4 is 5.32 Å². The third-order valence-electron chi connectivity index (χ3n) is 3.59. The van der Waals surface area contributed by atoms with Gasteiger partial charge in [-0.25, -0.2) is 8.78 Å². The molecule has 6 heteroatoms. The molecule has 3 nitrogen and oxygen atoms in total. The van der Waals surface area contributed by atoms with Crippen LogP contribution in [0.3, 0.4) is 0 Å². The molecular formula is C17H13ClF2N2O. The molecule has 0 saturated heterocycles. The SMILES string of the molecule is O=C(NCCc1c[nH]c2ccc(Cl)cc12)c1ccc(F)c(F)c1. The van der Waals surface area contributed by atoms with Crippen LogP contribution in [0, 0.1) is 11.6 Å². The first kappa shape index (κ1) is 15.5. The molecule has 0 spiro atoms. The van der Waals surface area contributed by atoms with E-state index in [1.54, 1.807) is 6.07 Å². The van der Waals surface area contributed by atoms with Crippen molar-refractivity contribution < 1.29 is 13.6 Å². The van der Waals surface area contributed by atoms with Crippen LogP contribution in [0.15, 0.2) is 42.6 Å². The van der Waals surface area contributed by atoms with Gasteiger partial charge in [-0.05, 0) is 48.4 Å². The minimum Gasteiger partial charge on any atom is -0.361 e. The number of halogens is 3. The van der Waals surface area contributed by atoms with E-state index >= 15 is 0 Å². The first-order valence-electron chi connectivity index (χ1n) is 7.03. The van der Waals surface area contributed by atoms with Crippen molar-refractivity contribution in [3.8, 4) is 0 Å². The van der Waals surface area contributed by atoms with Crippen LogP contribution >= 0.6 is 11.6 Å². The molecule has 2 N–H and O–H groups in total. The van der Waals surface area contributed by atoms with E-state index in [0.717, 1.165) is 28.6 Å². The number of aromatic nitrogens is 1. The zero-order valence-corrected chi connectivity index (χ0v) is 12.8. The van der Waals surface area contributed by atoms with Crippen molar-refractivity contribution in [1.29, 1.82) is 0 Å². The molecule has 2 aromatic carbocycles. The van der Waals surface area contributed by atoms with Crippen LogP contribution in [0.2, 0.25) is 5.02 Å². The second kappa shape index (κ2) is 6.38. The molecule has 1 heterocycles. The number of carbonyl (C=O) groups excluding carboxylic acids is 1. The molecule has 0 atom stereocenters. The number of hydrogen-bond donors (Lipinski definition) is 2. The predicted octanol–water partition coefficient (Wildman–Crippen LogP) is 4.07. The van der Waals surface area contributed by atoms with Crippen molar-refractivity contribution >= 4 is 28.4 Å². The van der Waals surface area contributed by atoms with E-state index in [1.807, 2.05) is 18.3 Å². The van der Waals surface area contributed by atoms with Gasteiger partial charge in [0.2, 0.25) is 0 Å². The molecule has 0 fully saturated rings. The van der Waals surface area contributed by atoms with Crippen LogP contribution in [-0.2, 0) is 6.42 Å². The van der Waals surface area contributed by atoms with Crippen molar-refractivity contribution in [2.45, 2.75) is 6.42 Å². The van der Waals surface area contributed by atoms with Gasteiger partial charge in [-0.3, -0.25) is 4.79 Å². The van der Waals surface area contributed by atoms with E-state index in [2.05, 4.69) is 10.3 Å². The molecule has 3 aromatic rings. The van der Waals surface area contributed by atoms with Crippen molar-refractivity contribution in [2.75, 3.05) is 6.54 Å². The van der Waals surface area contributed by atoms with Crippen LogP contribution in [0.1, 0.15) is 15.9 Å². The fourth-order valence-electron chi connectivity index (χ4n) is 2.41. The van der Waals surface area contributed by atoms with E-state index in [1.165, 1.54) is 6.07 Å². The van der Waals surface area contributed by atoms with Gasteiger partial charge in [-0.15, -0.1) is 0 Å². The molecule has 0 aliphatic rings. The zero-order valence-electron chi connectivity index (χ0n) is 12.0. The predicted molar refractivity (Wildman–Crippen MR) is 85.7 cm³/mol. The lowest BCUT2D eigenvalue weighted by atomic mass is 10.1. The quantitative estimate of drug-likeness (QED) is 0.742. The van der Waals surface area contributed by atoms with Gasteiger partial charge in [-0.1, -0.05) is 11.6 Å². The number of rotatable bonds is 4. The van der Waals surface area contributed by atoms with E-state index in [4.69, 9.17) is 11.6 Å². The molecule has 0 unspecified atom stereocenters. The van der Waals surface area contributed by atoms with Crippen LogP contribution in [0.5, 0.6) is 0 Å². The fourth-order valence-corrected chi connectivity index (χ4v) is 2.58. The number of nitrogens with one attached hydrogen (secondary N) is 2. The first-order valence-corrected chi connectivity index (χ1v) is 7.41. The van der Waals surface area contributed by atoms with Gasteiger partial charge in [0.15, 0.2) is 11.6 Å². The smallest absolute Gasteiger partial charge is 0.251 e. The molecule has 118 valence electrons. The summed E-state index contributed by atoms with van der Waals surface area (Å²) in [7, 11) is 0. The lowest BCUT2D eigenvalue weighted by Crippen LogP contribution is -2.25. The number of carbonyl (C=O) groups is 1. The number of aromatic amines is 1. The standard InChI is InChI=1S/C17H13ClF2N2O/c18-12-2-4-16-13(8-12)11(9-22-16)5-6-21-17(23)10-1-3-14(19)15(20)7-10/h1-4,7-9,22H,5-6H2,(H,21,23). The second-order valence-electron chi connectivity index (χ2n) is 5.14. The maximum absolute atomic E-state index is 13.1. The number of amides is 1. The Balaban J connectivity index is 1.65. The summed E-state index contributed by atoms with van der Waals surface area (Å²) < 4.78 is 26.0. The van der Waals surface area contributed by atoms with Crippen LogP contribution in [0.4, 0.5) is 8.78 Å². The molecule has 1 aromatic heterocycles. The topological polar surface area (TPSA) is 44.9 Å². The lowest BCUT2D eigenvalue weighted by molar-refractivity contribution is 0.0953. The highest BCUT2D eigenvalue weighted by Gasteiger charge is 2.10. The molecule has 1 amide bonds. The number of hydrogen-bond acceptors (Lipinski definition) is 1. The van der Waals surface area contributed by atoms with Gasteiger partial charge in [0.1, 0.15) is 0 Å². The maximum Gasteiger partial charge on any atom is 0.251 e. The Morgan fingerprint density at radius 3 is 2.74 bits per heavy atom. The Kier molecular flexibility index (Phi) is 4.30. The Hall–Kier alpha value is -2.40. The van der Waals surface area contributed by atoms with E-state index < -0.39 is 17.5 Å². The Labute approximate surface area is 136 Å². The number of H-pyrrole nitrogens is 1. The Morgan fingerprint density at radius 1 is 1.13 bits per heavy atom. The third-order valence-corrected chi connectivity index (χ3v) is 3.83. The monoisotopic (exact) mass is 334 g/mol. The number of benzene rings is 2. The maximum atomic E-state index is 13.1. The minimum atomic E-state index is -1.04. The van der Waals surface area contributed by atoms with Crippen LogP contribution in [0.25, 0.3) is 10.9 Å². The van der Waals surface area contributed by atoms with Crippen LogP contribution in [-0.4, -0.2) is 17.4 Å². The highest BCUT2D eigenvalue weighted by molar-refractivity contribution is 6.31. The van der Waals surface area contributed by atoms with Gasteiger partial charge in [0, 0.05) is 34.2 Å². The summed E-state index contributed by atoms with van der Waals surface area (Å²) in [5.74, 6) is -2.46. The van der Waals surface area contributed by atoms with E-state index in [9.17, 15) is 13.6 Å². The summed E-state index contributed by atoms with van der Waals surface area (Å²) in [6.45, 7) is 0.372. The van der Waals surface area contributed by atoms with Crippen molar-refractivity contribution in [3.63, 3.8) is 0 Å². The second-order valence-corrected chi connectivity index (χ2v) is 5.58. The van der Waals surface area contributed by atoms with E-state index in [0.29, 0.717) is 18.0 Å². The Bertz CT molecular complexity index is 876. The van der Waals surface area contributed by atoms with Gasteiger partial charge >= 0.3 is 0 Å². The minimum absolute atomic E-state index is 0.0888. The van der Waals surface area contributed by atoms with Gasteiger partial charge in [0.25, 0.3) is 5.91 Å². The van der Waals surface area contributed by atoms with Crippen molar-refractivity contribution in [1.82, 2.24) is 10.3 Å². The molecule has 0 bridgehead atoms.